The van der Waals surface area contributed by atoms with Gasteiger partial charge in [0.05, 0.1) is 6.07 Å². The lowest BCUT2D eigenvalue weighted by Crippen LogP contribution is -2.29. The zero-order valence-corrected chi connectivity index (χ0v) is 8.32. The molecule has 1 aliphatic rings. The molecule has 0 aliphatic carbocycles. The predicted octanol–water partition coefficient (Wildman–Crippen LogP) is 2.08. The van der Waals surface area contributed by atoms with Crippen molar-refractivity contribution >= 4 is 0 Å². The number of nitriles is 1. The molecular weight excluding hydrogens is 166 g/mol. The zero-order valence-electron chi connectivity index (χ0n) is 8.32. The number of hydrogen-bond donors (Lipinski definition) is 0. The Kier molecular flexibility index (Phi) is 4.20. The Hall–Kier alpha value is -0.590. The average Bonchev–Trinajstić information content (AvgIpc) is 2.15. The monoisotopic (exact) mass is 183 g/mol. The van der Waals surface area contributed by atoms with E-state index in [9.17, 15) is 0 Å². The van der Waals surface area contributed by atoms with Gasteiger partial charge in [0.15, 0.2) is 6.29 Å². The molecule has 1 rings (SSSR count). The third-order valence-electron chi connectivity index (χ3n) is 2.17. The molecule has 1 heterocycles. The van der Waals surface area contributed by atoms with E-state index in [-0.39, 0.29) is 18.3 Å². The van der Waals surface area contributed by atoms with E-state index in [1.54, 1.807) is 0 Å². The van der Waals surface area contributed by atoms with Crippen LogP contribution in [0.2, 0.25) is 0 Å². The molecule has 0 N–H and O–H groups in total. The van der Waals surface area contributed by atoms with Crippen LogP contribution < -0.4 is 0 Å². The Bertz CT molecular complexity index is 180. The van der Waals surface area contributed by atoms with Crippen molar-refractivity contribution in [1.82, 2.24) is 0 Å². The highest BCUT2D eigenvalue weighted by atomic mass is 16.7. The zero-order chi connectivity index (χ0) is 9.68. The topological polar surface area (TPSA) is 42.2 Å². The molecule has 0 aromatic carbocycles. The molecule has 0 spiro atoms. The van der Waals surface area contributed by atoms with Gasteiger partial charge in [-0.1, -0.05) is 13.8 Å². The van der Waals surface area contributed by atoms with Gasteiger partial charge < -0.3 is 9.47 Å². The summed E-state index contributed by atoms with van der Waals surface area (Å²) < 4.78 is 10.9. The van der Waals surface area contributed by atoms with Crippen LogP contribution >= 0.6 is 0 Å². The summed E-state index contributed by atoms with van der Waals surface area (Å²) in [6.07, 6.45) is 2.69. The Labute approximate surface area is 79.6 Å². The minimum atomic E-state index is -0.330. The number of nitrogens with zero attached hydrogens (tertiary/aromatic N) is 1. The summed E-state index contributed by atoms with van der Waals surface area (Å²) in [5.41, 5.74) is 0. The van der Waals surface area contributed by atoms with Crippen LogP contribution in [0.3, 0.4) is 0 Å². The summed E-state index contributed by atoms with van der Waals surface area (Å²) in [5.74, 6) is 0.232. The molecule has 2 unspecified atom stereocenters. The van der Waals surface area contributed by atoms with Gasteiger partial charge in [-0.05, 0) is 25.2 Å². The lowest BCUT2D eigenvalue weighted by Gasteiger charge is -2.26. The van der Waals surface area contributed by atoms with Crippen molar-refractivity contribution < 1.29 is 9.47 Å². The molecule has 3 nitrogen and oxygen atoms in total. The Balaban J connectivity index is 2.32. The predicted molar refractivity (Wildman–Crippen MR) is 48.9 cm³/mol. The van der Waals surface area contributed by atoms with Gasteiger partial charge in [-0.25, -0.2) is 0 Å². The SMILES string of the molecule is CC(C)C(C#N)OC1CCCCO1. The lowest BCUT2D eigenvalue weighted by atomic mass is 10.1. The van der Waals surface area contributed by atoms with Gasteiger partial charge in [-0.2, -0.15) is 5.26 Å². The van der Waals surface area contributed by atoms with Crippen molar-refractivity contribution in [2.75, 3.05) is 6.61 Å². The first-order valence-electron chi connectivity index (χ1n) is 4.90. The number of ether oxygens (including phenoxy) is 2. The molecule has 1 saturated heterocycles. The minimum absolute atomic E-state index is 0.152. The summed E-state index contributed by atoms with van der Waals surface area (Å²) >= 11 is 0. The van der Waals surface area contributed by atoms with E-state index in [0.717, 1.165) is 25.9 Å². The van der Waals surface area contributed by atoms with E-state index < -0.39 is 0 Å². The third kappa shape index (κ3) is 3.33. The van der Waals surface area contributed by atoms with Crippen molar-refractivity contribution in [3.8, 4) is 6.07 Å². The second kappa shape index (κ2) is 5.21. The second-order valence-electron chi connectivity index (χ2n) is 3.73. The Morgan fingerprint density at radius 1 is 1.46 bits per heavy atom. The van der Waals surface area contributed by atoms with E-state index in [1.807, 2.05) is 13.8 Å². The molecule has 3 heteroatoms. The van der Waals surface area contributed by atoms with Crippen LogP contribution in [0, 0.1) is 17.2 Å². The van der Waals surface area contributed by atoms with Crippen LogP contribution in [0.4, 0.5) is 0 Å². The normalized spacial score (nSPS) is 25.5. The quantitative estimate of drug-likeness (QED) is 0.672. The van der Waals surface area contributed by atoms with E-state index in [2.05, 4.69) is 6.07 Å². The first-order valence-corrected chi connectivity index (χ1v) is 4.90. The first kappa shape index (κ1) is 10.5. The van der Waals surface area contributed by atoms with Gasteiger partial charge in [0.1, 0.15) is 6.10 Å². The molecule has 74 valence electrons. The second-order valence-corrected chi connectivity index (χ2v) is 3.73. The fraction of sp³-hybridized carbons (Fsp3) is 0.900. The van der Waals surface area contributed by atoms with Crippen LogP contribution in [-0.2, 0) is 9.47 Å². The summed E-state index contributed by atoms with van der Waals surface area (Å²) in [7, 11) is 0. The Morgan fingerprint density at radius 2 is 2.23 bits per heavy atom. The lowest BCUT2D eigenvalue weighted by molar-refractivity contribution is -0.183. The molecule has 0 amide bonds. The highest BCUT2D eigenvalue weighted by molar-refractivity contribution is 4.86. The molecule has 0 aromatic rings. The Morgan fingerprint density at radius 3 is 2.69 bits per heavy atom. The van der Waals surface area contributed by atoms with E-state index >= 15 is 0 Å². The molecule has 13 heavy (non-hydrogen) atoms. The standard InChI is InChI=1S/C10H17NO2/c1-8(2)9(7-11)13-10-5-3-4-6-12-10/h8-10H,3-6H2,1-2H3. The van der Waals surface area contributed by atoms with Gasteiger partial charge in [-0.15, -0.1) is 0 Å². The van der Waals surface area contributed by atoms with Gasteiger partial charge in [0.25, 0.3) is 0 Å². The maximum atomic E-state index is 8.80. The molecule has 0 radical (unpaired) electrons. The third-order valence-corrected chi connectivity index (χ3v) is 2.17. The van der Waals surface area contributed by atoms with Gasteiger partial charge in [0.2, 0.25) is 0 Å². The maximum absolute atomic E-state index is 8.80. The molecule has 0 saturated carbocycles. The van der Waals surface area contributed by atoms with E-state index in [4.69, 9.17) is 14.7 Å². The smallest absolute Gasteiger partial charge is 0.159 e. The molecule has 1 fully saturated rings. The highest BCUT2D eigenvalue weighted by Crippen LogP contribution is 2.17. The summed E-state index contributed by atoms with van der Waals surface area (Å²) in [6.45, 7) is 4.73. The maximum Gasteiger partial charge on any atom is 0.159 e. The van der Waals surface area contributed by atoms with Crippen LogP contribution in [-0.4, -0.2) is 19.0 Å². The highest BCUT2D eigenvalue weighted by Gasteiger charge is 2.21. The van der Waals surface area contributed by atoms with Crippen molar-refractivity contribution in [2.45, 2.75) is 45.5 Å². The summed E-state index contributed by atoms with van der Waals surface area (Å²) in [5, 5.41) is 8.80. The molecule has 2 atom stereocenters. The van der Waals surface area contributed by atoms with E-state index in [1.165, 1.54) is 0 Å². The van der Waals surface area contributed by atoms with Crippen molar-refractivity contribution in [3.05, 3.63) is 0 Å². The van der Waals surface area contributed by atoms with Gasteiger partial charge in [0, 0.05) is 6.61 Å². The molecular formula is C10H17NO2. The summed E-state index contributed by atoms with van der Waals surface area (Å²) in [4.78, 5) is 0. The van der Waals surface area contributed by atoms with Crippen molar-refractivity contribution in [3.63, 3.8) is 0 Å². The van der Waals surface area contributed by atoms with Crippen LogP contribution in [0.5, 0.6) is 0 Å². The van der Waals surface area contributed by atoms with Crippen molar-refractivity contribution in [1.29, 1.82) is 5.26 Å². The molecule has 0 aromatic heterocycles. The van der Waals surface area contributed by atoms with Gasteiger partial charge in [-0.3, -0.25) is 0 Å². The van der Waals surface area contributed by atoms with Crippen LogP contribution in [0.15, 0.2) is 0 Å². The average molecular weight is 183 g/mol. The number of hydrogen-bond acceptors (Lipinski definition) is 3. The van der Waals surface area contributed by atoms with Crippen LogP contribution in [0.1, 0.15) is 33.1 Å². The fourth-order valence-corrected chi connectivity index (χ4v) is 1.32. The molecule has 1 aliphatic heterocycles. The number of rotatable bonds is 3. The first-order chi connectivity index (χ1) is 6.24. The minimum Gasteiger partial charge on any atom is -0.353 e. The van der Waals surface area contributed by atoms with Crippen molar-refractivity contribution in [2.24, 2.45) is 5.92 Å². The van der Waals surface area contributed by atoms with E-state index in [0.29, 0.717) is 0 Å². The fourth-order valence-electron chi connectivity index (χ4n) is 1.32. The van der Waals surface area contributed by atoms with Gasteiger partial charge >= 0.3 is 0 Å². The molecule has 0 bridgehead atoms. The van der Waals surface area contributed by atoms with Crippen LogP contribution in [0.25, 0.3) is 0 Å². The summed E-state index contributed by atoms with van der Waals surface area (Å²) in [6, 6.07) is 2.15. The largest absolute Gasteiger partial charge is 0.353 e.